The zero-order chi connectivity index (χ0) is 20.8. The van der Waals surface area contributed by atoms with Gasteiger partial charge in [-0.05, 0) is 49.6 Å². The summed E-state index contributed by atoms with van der Waals surface area (Å²) in [6.45, 7) is 6.43. The Morgan fingerprint density at radius 1 is 1.14 bits per heavy atom. The average Bonchev–Trinajstić information content (AvgIpc) is 3.38. The van der Waals surface area contributed by atoms with Gasteiger partial charge in [-0.1, -0.05) is 6.07 Å². The summed E-state index contributed by atoms with van der Waals surface area (Å²) in [6.07, 6.45) is 0. The number of thiophene rings is 1. The van der Waals surface area contributed by atoms with Gasteiger partial charge in [-0.3, -0.25) is 9.59 Å². The van der Waals surface area contributed by atoms with Crippen LogP contribution < -0.4 is 15.5 Å². The summed E-state index contributed by atoms with van der Waals surface area (Å²) >= 11 is 1.54. The number of carbonyl (C=O) groups excluding carboxylic acids is 2. The van der Waals surface area contributed by atoms with E-state index in [9.17, 15) is 9.59 Å². The van der Waals surface area contributed by atoms with Crippen molar-refractivity contribution in [3.05, 3.63) is 47.7 Å². The van der Waals surface area contributed by atoms with Crippen LogP contribution in [0.5, 0.6) is 0 Å². The maximum absolute atomic E-state index is 12.5. The molecule has 2 atom stereocenters. The smallest absolute Gasteiger partial charge is 0.279 e. The van der Waals surface area contributed by atoms with E-state index in [-0.39, 0.29) is 24.4 Å². The zero-order valence-electron chi connectivity index (χ0n) is 16.6. The maximum atomic E-state index is 12.5. The first-order chi connectivity index (χ1) is 14.0. The van der Waals surface area contributed by atoms with Gasteiger partial charge in [0.2, 0.25) is 5.91 Å². The quantitative estimate of drug-likeness (QED) is 0.525. The Labute approximate surface area is 172 Å². The number of amides is 2. The molecule has 0 radical (unpaired) electrons. The molecule has 0 aliphatic carbocycles. The summed E-state index contributed by atoms with van der Waals surface area (Å²) in [5.74, 6) is 0.763. The Morgan fingerprint density at radius 3 is 2.41 bits per heavy atom. The van der Waals surface area contributed by atoms with Crippen LogP contribution in [0, 0.1) is 0 Å². The molecule has 1 unspecified atom stereocenters. The van der Waals surface area contributed by atoms with Gasteiger partial charge in [-0.15, -0.1) is 21.5 Å². The van der Waals surface area contributed by atoms with Crippen LogP contribution in [-0.2, 0) is 9.59 Å². The standard InChI is InChI=1S/C20H23N5O3S/c1-4-25(13(2)19-23-24-20(28-19)17-6-5-11-29-17)12-18(27)22-16-9-7-15(8-10-16)21-14(3)26/h5-11,13H,4,12H2,1-3H3,(H,21,26)(H,22,27)/p+1/t13-/m1/s1. The first-order valence-corrected chi connectivity index (χ1v) is 10.2. The van der Waals surface area contributed by atoms with Gasteiger partial charge in [-0.25, -0.2) is 0 Å². The van der Waals surface area contributed by atoms with Gasteiger partial charge in [0.25, 0.3) is 17.7 Å². The molecule has 1 aromatic carbocycles. The van der Waals surface area contributed by atoms with Crippen molar-refractivity contribution in [2.24, 2.45) is 0 Å². The summed E-state index contributed by atoms with van der Waals surface area (Å²) in [5.41, 5.74) is 1.35. The van der Waals surface area contributed by atoms with Crippen LogP contribution in [-0.4, -0.2) is 35.1 Å². The Kier molecular flexibility index (Phi) is 6.73. The lowest BCUT2D eigenvalue weighted by atomic mass is 10.2. The fourth-order valence-electron chi connectivity index (χ4n) is 2.92. The molecule has 8 nitrogen and oxygen atoms in total. The number of hydrogen-bond acceptors (Lipinski definition) is 6. The molecule has 3 rings (SSSR count). The van der Waals surface area contributed by atoms with Gasteiger partial charge in [0.1, 0.15) is 0 Å². The number of aromatic nitrogens is 2. The first kappa shape index (κ1) is 20.7. The minimum atomic E-state index is -0.138. The molecule has 2 aromatic heterocycles. The highest BCUT2D eigenvalue weighted by Gasteiger charge is 2.26. The Morgan fingerprint density at radius 2 is 1.83 bits per heavy atom. The third-order valence-corrected chi connectivity index (χ3v) is 5.34. The van der Waals surface area contributed by atoms with Crippen LogP contribution in [0.25, 0.3) is 10.8 Å². The van der Waals surface area contributed by atoms with Crippen LogP contribution >= 0.6 is 11.3 Å². The van der Waals surface area contributed by atoms with Gasteiger partial charge in [0.05, 0.1) is 11.4 Å². The van der Waals surface area contributed by atoms with Crippen LogP contribution in [0.2, 0.25) is 0 Å². The Hall–Kier alpha value is -3.04. The molecule has 0 saturated heterocycles. The molecule has 0 saturated carbocycles. The molecular weight excluding hydrogens is 390 g/mol. The van der Waals surface area contributed by atoms with Crippen LogP contribution in [0.1, 0.15) is 32.7 Å². The second-order valence-electron chi connectivity index (χ2n) is 6.64. The number of quaternary nitrogens is 1. The summed E-state index contributed by atoms with van der Waals surface area (Å²) in [5, 5.41) is 15.8. The lowest BCUT2D eigenvalue weighted by Gasteiger charge is -2.21. The van der Waals surface area contributed by atoms with Crippen LogP contribution in [0.15, 0.2) is 46.2 Å². The second kappa shape index (κ2) is 9.44. The third kappa shape index (κ3) is 5.49. The molecule has 3 N–H and O–H groups in total. The lowest BCUT2D eigenvalue weighted by molar-refractivity contribution is -0.921. The molecular formula is C20H24N5O3S+. The number of likely N-dealkylation sites (N-methyl/N-ethyl adjacent to an activating group) is 1. The molecule has 9 heteroatoms. The highest BCUT2D eigenvalue weighted by atomic mass is 32.1. The summed E-state index contributed by atoms with van der Waals surface area (Å²) in [7, 11) is 0. The third-order valence-electron chi connectivity index (χ3n) is 4.49. The molecule has 0 aliphatic rings. The maximum Gasteiger partial charge on any atom is 0.279 e. The number of nitrogens with one attached hydrogen (secondary N) is 3. The van der Waals surface area contributed by atoms with E-state index in [0.717, 1.165) is 16.3 Å². The van der Waals surface area contributed by atoms with E-state index in [2.05, 4.69) is 20.8 Å². The van der Waals surface area contributed by atoms with Crippen LogP contribution in [0.3, 0.4) is 0 Å². The van der Waals surface area contributed by atoms with E-state index < -0.39 is 0 Å². The fourth-order valence-corrected chi connectivity index (χ4v) is 3.56. The van der Waals surface area contributed by atoms with E-state index in [1.165, 1.54) is 6.92 Å². The lowest BCUT2D eigenvalue weighted by Crippen LogP contribution is -3.12. The average molecular weight is 415 g/mol. The van der Waals surface area contributed by atoms with E-state index >= 15 is 0 Å². The van der Waals surface area contributed by atoms with E-state index in [0.29, 0.717) is 23.2 Å². The van der Waals surface area contributed by atoms with Crippen molar-refractivity contribution in [3.63, 3.8) is 0 Å². The summed E-state index contributed by atoms with van der Waals surface area (Å²) in [6, 6.07) is 10.7. The van der Waals surface area contributed by atoms with Crippen molar-refractivity contribution >= 4 is 34.5 Å². The predicted octanol–water partition coefficient (Wildman–Crippen LogP) is 2.36. The molecule has 2 heterocycles. The van der Waals surface area contributed by atoms with Crippen molar-refractivity contribution in [1.29, 1.82) is 0 Å². The number of nitrogens with zero attached hydrogens (tertiary/aromatic N) is 2. The Balaban J connectivity index is 1.60. The van der Waals surface area contributed by atoms with Crippen molar-refractivity contribution in [2.75, 3.05) is 23.7 Å². The Bertz CT molecular complexity index is 953. The minimum absolute atomic E-state index is 0.112. The molecule has 0 fully saturated rings. The highest BCUT2D eigenvalue weighted by Crippen LogP contribution is 2.24. The SMILES string of the molecule is CC[NH+](CC(=O)Nc1ccc(NC(C)=O)cc1)[C@H](C)c1nnc(-c2cccs2)o1. The molecule has 0 spiro atoms. The molecule has 0 aliphatic heterocycles. The second-order valence-corrected chi connectivity index (χ2v) is 7.59. The minimum Gasteiger partial charge on any atom is -0.414 e. The number of benzene rings is 1. The van der Waals surface area contributed by atoms with Crippen molar-refractivity contribution in [1.82, 2.24) is 10.2 Å². The first-order valence-electron chi connectivity index (χ1n) is 9.35. The fraction of sp³-hybridized carbons (Fsp3) is 0.300. The van der Waals surface area contributed by atoms with Gasteiger partial charge < -0.3 is 20.0 Å². The number of carbonyl (C=O) groups is 2. The molecule has 0 bridgehead atoms. The molecule has 29 heavy (non-hydrogen) atoms. The monoisotopic (exact) mass is 414 g/mol. The highest BCUT2D eigenvalue weighted by molar-refractivity contribution is 7.13. The van der Waals surface area contributed by atoms with Crippen molar-refractivity contribution < 1.29 is 18.9 Å². The topological polar surface area (TPSA) is 102 Å². The van der Waals surface area contributed by atoms with E-state index in [1.54, 1.807) is 35.6 Å². The van der Waals surface area contributed by atoms with Gasteiger partial charge in [-0.2, -0.15) is 0 Å². The molecule has 2 amide bonds. The van der Waals surface area contributed by atoms with Gasteiger partial charge in [0, 0.05) is 18.3 Å². The van der Waals surface area contributed by atoms with Gasteiger partial charge in [0.15, 0.2) is 12.6 Å². The van der Waals surface area contributed by atoms with Crippen molar-refractivity contribution in [2.45, 2.75) is 26.8 Å². The number of anilines is 2. The largest absolute Gasteiger partial charge is 0.414 e. The predicted molar refractivity (Wildman–Crippen MR) is 112 cm³/mol. The normalized spacial score (nSPS) is 12.9. The van der Waals surface area contributed by atoms with Crippen LogP contribution in [0.4, 0.5) is 11.4 Å². The van der Waals surface area contributed by atoms with E-state index in [1.807, 2.05) is 31.4 Å². The van der Waals surface area contributed by atoms with Crippen molar-refractivity contribution in [3.8, 4) is 10.8 Å². The summed E-state index contributed by atoms with van der Waals surface area (Å²) < 4.78 is 5.82. The molecule has 3 aromatic rings. The number of rotatable bonds is 8. The van der Waals surface area contributed by atoms with E-state index in [4.69, 9.17) is 4.42 Å². The zero-order valence-corrected chi connectivity index (χ0v) is 17.4. The molecule has 152 valence electrons. The number of hydrogen-bond donors (Lipinski definition) is 3. The van der Waals surface area contributed by atoms with Gasteiger partial charge >= 0.3 is 0 Å². The summed E-state index contributed by atoms with van der Waals surface area (Å²) in [4.78, 5) is 25.5.